The molecule has 1 saturated heterocycles. The van der Waals surface area contributed by atoms with E-state index >= 15 is 0 Å². The molecular weight excluding hydrogens is 329 g/mol. The second kappa shape index (κ2) is 4.89. The molecule has 5 heteroatoms. The minimum atomic E-state index is 0.577. The smallest absolute Gasteiger partial charge is 0.114 e. The summed E-state index contributed by atoms with van der Waals surface area (Å²) >= 11 is 2.30. The summed E-state index contributed by atoms with van der Waals surface area (Å²) in [5.41, 5.74) is 2.10. The lowest BCUT2D eigenvalue weighted by molar-refractivity contribution is 0.0473. The fourth-order valence-electron chi connectivity index (χ4n) is 2.28. The van der Waals surface area contributed by atoms with Crippen LogP contribution in [0.1, 0.15) is 12.8 Å². The van der Waals surface area contributed by atoms with E-state index in [4.69, 9.17) is 4.74 Å². The van der Waals surface area contributed by atoms with E-state index in [9.17, 15) is 0 Å². The van der Waals surface area contributed by atoms with Gasteiger partial charge in [-0.2, -0.15) is 0 Å². The first-order chi connectivity index (χ1) is 8.33. The van der Waals surface area contributed by atoms with Crippen molar-refractivity contribution in [3.05, 3.63) is 21.8 Å². The van der Waals surface area contributed by atoms with Crippen molar-refractivity contribution >= 4 is 33.6 Å². The molecule has 1 atom stereocenters. The molecule has 0 saturated carbocycles. The Bertz CT molecular complexity index is 519. The SMILES string of the molecule is Ic1ccc2c(c1)nnn2CC1CCCOC1. The molecule has 1 aliphatic heterocycles. The fourth-order valence-corrected chi connectivity index (χ4v) is 2.75. The number of fused-ring (bicyclic) bond motifs is 1. The third-order valence-electron chi connectivity index (χ3n) is 3.16. The van der Waals surface area contributed by atoms with Crippen LogP contribution in [0.25, 0.3) is 11.0 Å². The lowest BCUT2D eigenvalue weighted by Gasteiger charge is -2.21. The number of ether oxygens (including phenoxy) is 1. The van der Waals surface area contributed by atoms with Gasteiger partial charge in [-0.05, 0) is 53.6 Å². The van der Waals surface area contributed by atoms with Gasteiger partial charge in [0.2, 0.25) is 0 Å². The zero-order chi connectivity index (χ0) is 11.7. The van der Waals surface area contributed by atoms with Crippen molar-refractivity contribution in [3.8, 4) is 0 Å². The fraction of sp³-hybridized carbons (Fsp3) is 0.500. The molecule has 0 radical (unpaired) electrons. The van der Waals surface area contributed by atoms with Gasteiger partial charge < -0.3 is 4.74 Å². The largest absolute Gasteiger partial charge is 0.381 e. The second-order valence-electron chi connectivity index (χ2n) is 4.49. The van der Waals surface area contributed by atoms with E-state index in [1.54, 1.807) is 0 Å². The van der Waals surface area contributed by atoms with E-state index in [0.717, 1.165) is 37.2 Å². The van der Waals surface area contributed by atoms with Gasteiger partial charge in [0, 0.05) is 22.6 Å². The van der Waals surface area contributed by atoms with Crippen LogP contribution >= 0.6 is 22.6 Å². The molecule has 1 aromatic heterocycles. The molecule has 0 amide bonds. The van der Waals surface area contributed by atoms with Crippen molar-refractivity contribution in [2.24, 2.45) is 5.92 Å². The van der Waals surface area contributed by atoms with Crippen LogP contribution < -0.4 is 0 Å². The van der Waals surface area contributed by atoms with Crippen molar-refractivity contribution in [2.75, 3.05) is 13.2 Å². The van der Waals surface area contributed by atoms with Gasteiger partial charge in [-0.3, -0.25) is 0 Å². The molecule has 2 heterocycles. The van der Waals surface area contributed by atoms with Crippen LogP contribution in [0.15, 0.2) is 18.2 Å². The Hall–Kier alpha value is -0.690. The van der Waals surface area contributed by atoms with Gasteiger partial charge in [0.15, 0.2) is 0 Å². The van der Waals surface area contributed by atoms with Crippen LogP contribution in [0.4, 0.5) is 0 Å². The summed E-state index contributed by atoms with van der Waals surface area (Å²) in [6, 6.07) is 6.26. The highest BCUT2D eigenvalue weighted by atomic mass is 127. The quantitative estimate of drug-likeness (QED) is 0.787. The summed E-state index contributed by atoms with van der Waals surface area (Å²) in [5, 5.41) is 8.45. The Morgan fingerprint density at radius 3 is 3.24 bits per heavy atom. The average Bonchev–Trinajstić information content (AvgIpc) is 2.73. The first kappa shape index (κ1) is 11.4. The van der Waals surface area contributed by atoms with Gasteiger partial charge in [0.1, 0.15) is 5.52 Å². The van der Waals surface area contributed by atoms with Crippen LogP contribution in [0.5, 0.6) is 0 Å². The Morgan fingerprint density at radius 1 is 1.47 bits per heavy atom. The lowest BCUT2D eigenvalue weighted by Crippen LogP contribution is -2.22. The summed E-state index contributed by atoms with van der Waals surface area (Å²) in [6.07, 6.45) is 2.39. The molecule has 0 bridgehead atoms. The van der Waals surface area contributed by atoms with Crippen LogP contribution in [0.2, 0.25) is 0 Å². The standard InChI is InChI=1S/C12H14IN3O/c13-10-3-4-12-11(6-10)14-15-16(12)7-9-2-1-5-17-8-9/h3-4,6,9H,1-2,5,7-8H2. The highest BCUT2D eigenvalue weighted by Crippen LogP contribution is 2.19. The van der Waals surface area contributed by atoms with Crippen LogP contribution in [0.3, 0.4) is 0 Å². The summed E-state index contributed by atoms with van der Waals surface area (Å²) in [4.78, 5) is 0. The topological polar surface area (TPSA) is 39.9 Å². The number of halogens is 1. The van der Waals surface area contributed by atoms with Crippen molar-refractivity contribution < 1.29 is 4.74 Å². The average molecular weight is 343 g/mol. The van der Waals surface area contributed by atoms with Crippen LogP contribution in [-0.4, -0.2) is 28.2 Å². The molecule has 90 valence electrons. The normalized spacial score (nSPS) is 20.9. The molecule has 1 aliphatic rings. The Morgan fingerprint density at radius 2 is 2.41 bits per heavy atom. The van der Waals surface area contributed by atoms with Gasteiger partial charge in [-0.1, -0.05) is 5.21 Å². The number of benzene rings is 1. The number of nitrogens with zero attached hydrogens (tertiary/aromatic N) is 3. The maximum absolute atomic E-state index is 5.50. The Balaban J connectivity index is 1.84. The van der Waals surface area contributed by atoms with Gasteiger partial charge in [-0.25, -0.2) is 4.68 Å². The van der Waals surface area contributed by atoms with Crippen LogP contribution in [0, 0.1) is 9.49 Å². The predicted molar refractivity (Wildman–Crippen MR) is 73.8 cm³/mol. The molecule has 1 unspecified atom stereocenters. The Labute approximate surface area is 113 Å². The predicted octanol–water partition coefficient (Wildman–Crippen LogP) is 2.46. The van der Waals surface area contributed by atoms with Gasteiger partial charge in [0.05, 0.1) is 12.1 Å². The van der Waals surface area contributed by atoms with Crippen molar-refractivity contribution in [3.63, 3.8) is 0 Å². The third-order valence-corrected chi connectivity index (χ3v) is 3.83. The zero-order valence-electron chi connectivity index (χ0n) is 9.47. The first-order valence-corrected chi connectivity index (χ1v) is 6.97. The number of rotatable bonds is 2. The minimum Gasteiger partial charge on any atom is -0.381 e. The molecule has 4 nitrogen and oxygen atoms in total. The van der Waals surface area contributed by atoms with Gasteiger partial charge in [0.25, 0.3) is 0 Å². The minimum absolute atomic E-state index is 0.577. The molecule has 2 aromatic rings. The molecule has 1 fully saturated rings. The number of hydrogen-bond donors (Lipinski definition) is 0. The second-order valence-corrected chi connectivity index (χ2v) is 5.73. The number of hydrogen-bond acceptors (Lipinski definition) is 3. The molecule has 0 aliphatic carbocycles. The molecule has 17 heavy (non-hydrogen) atoms. The van der Waals surface area contributed by atoms with Crippen molar-refractivity contribution in [1.29, 1.82) is 0 Å². The highest BCUT2D eigenvalue weighted by Gasteiger charge is 2.16. The van der Waals surface area contributed by atoms with Crippen molar-refractivity contribution in [1.82, 2.24) is 15.0 Å². The maximum atomic E-state index is 5.50. The monoisotopic (exact) mass is 343 g/mol. The molecule has 1 aromatic carbocycles. The summed E-state index contributed by atoms with van der Waals surface area (Å²) in [5.74, 6) is 0.577. The molecule has 0 spiro atoms. The van der Waals surface area contributed by atoms with Gasteiger partial charge in [-0.15, -0.1) is 5.10 Å². The van der Waals surface area contributed by atoms with E-state index in [-0.39, 0.29) is 0 Å². The van der Waals surface area contributed by atoms with Crippen molar-refractivity contribution in [2.45, 2.75) is 19.4 Å². The maximum Gasteiger partial charge on any atom is 0.114 e. The lowest BCUT2D eigenvalue weighted by atomic mass is 10.0. The van der Waals surface area contributed by atoms with E-state index in [1.807, 2.05) is 4.68 Å². The molecular formula is C12H14IN3O. The third kappa shape index (κ3) is 2.44. The van der Waals surface area contributed by atoms with E-state index in [0.29, 0.717) is 5.92 Å². The summed E-state index contributed by atoms with van der Waals surface area (Å²) in [6.45, 7) is 2.68. The number of aromatic nitrogens is 3. The van der Waals surface area contributed by atoms with E-state index < -0.39 is 0 Å². The summed E-state index contributed by atoms with van der Waals surface area (Å²) in [7, 11) is 0. The van der Waals surface area contributed by atoms with Crippen LogP contribution in [-0.2, 0) is 11.3 Å². The first-order valence-electron chi connectivity index (χ1n) is 5.89. The zero-order valence-corrected chi connectivity index (χ0v) is 11.6. The highest BCUT2D eigenvalue weighted by molar-refractivity contribution is 14.1. The van der Waals surface area contributed by atoms with Gasteiger partial charge >= 0.3 is 0 Å². The van der Waals surface area contributed by atoms with E-state index in [1.165, 1.54) is 9.99 Å². The molecule has 0 N–H and O–H groups in total. The molecule has 3 rings (SSSR count). The van der Waals surface area contributed by atoms with E-state index in [2.05, 4.69) is 51.1 Å². The summed E-state index contributed by atoms with van der Waals surface area (Å²) < 4.78 is 8.70. The Kier molecular flexibility index (Phi) is 3.28.